The Morgan fingerprint density at radius 2 is 2.00 bits per heavy atom. The summed E-state index contributed by atoms with van der Waals surface area (Å²) in [6, 6.07) is 5.80. The predicted molar refractivity (Wildman–Crippen MR) is 69.3 cm³/mol. The van der Waals surface area contributed by atoms with E-state index in [0.717, 1.165) is 12.2 Å². The van der Waals surface area contributed by atoms with Gasteiger partial charge in [0.05, 0.1) is 6.61 Å². The van der Waals surface area contributed by atoms with Crippen LogP contribution in [0, 0.1) is 0 Å². The van der Waals surface area contributed by atoms with Crippen LogP contribution in [-0.2, 0) is 5.41 Å². The second-order valence-corrected chi connectivity index (χ2v) is 5.32. The van der Waals surface area contributed by atoms with E-state index in [-0.39, 0.29) is 5.41 Å². The van der Waals surface area contributed by atoms with Crippen LogP contribution in [0.15, 0.2) is 18.2 Å². The summed E-state index contributed by atoms with van der Waals surface area (Å²) in [5.41, 5.74) is 6.67. The van der Waals surface area contributed by atoms with Gasteiger partial charge >= 0.3 is 0 Å². The van der Waals surface area contributed by atoms with Crippen molar-refractivity contribution in [2.45, 2.75) is 32.6 Å². The summed E-state index contributed by atoms with van der Waals surface area (Å²) in [6.07, 6.45) is 0.857. The molecule has 2 N–H and O–H groups in total. The first-order chi connectivity index (χ1) is 7.45. The average molecular weight is 242 g/mol. The van der Waals surface area contributed by atoms with E-state index >= 15 is 0 Å². The van der Waals surface area contributed by atoms with Crippen molar-refractivity contribution in [3.8, 4) is 5.75 Å². The summed E-state index contributed by atoms with van der Waals surface area (Å²) in [5, 5.41) is 0.704. The van der Waals surface area contributed by atoms with Crippen molar-refractivity contribution in [3.05, 3.63) is 28.8 Å². The second-order valence-electron chi connectivity index (χ2n) is 4.88. The molecule has 0 aliphatic heterocycles. The second kappa shape index (κ2) is 5.55. The fourth-order valence-corrected chi connectivity index (χ4v) is 1.66. The lowest BCUT2D eigenvalue weighted by Crippen LogP contribution is -2.14. The minimum Gasteiger partial charge on any atom is -0.493 e. The largest absolute Gasteiger partial charge is 0.493 e. The molecule has 0 heterocycles. The molecule has 16 heavy (non-hydrogen) atoms. The monoisotopic (exact) mass is 241 g/mol. The van der Waals surface area contributed by atoms with Crippen molar-refractivity contribution in [1.29, 1.82) is 0 Å². The van der Waals surface area contributed by atoms with Crippen LogP contribution >= 0.6 is 11.6 Å². The van der Waals surface area contributed by atoms with Gasteiger partial charge in [0.2, 0.25) is 0 Å². The van der Waals surface area contributed by atoms with Gasteiger partial charge in [-0.2, -0.15) is 0 Å². The minimum atomic E-state index is 0.0582. The van der Waals surface area contributed by atoms with E-state index in [2.05, 4.69) is 20.8 Å². The summed E-state index contributed by atoms with van der Waals surface area (Å²) < 4.78 is 5.72. The highest BCUT2D eigenvalue weighted by molar-refractivity contribution is 6.30. The summed E-state index contributed by atoms with van der Waals surface area (Å²) in [7, 11) is 0. The first-order valence-corrected chi connectivity index (χ1v) is 5.96. The number of rotatable bonds is 4. The van der Waals surface area contributed by atoms with Crippen LogP contribution in [-0.4, -0.2) is 13.2 Å². The third kappa shape index (κ3) is 3.69. The molecule has 0 bridgehead atoms. The molecular weight excluding hydrogens is 222 g/mol. The van der Waals surface area contributed by atoms with Crippen molar-refractivity contribution in [2.75, 3.05) is 13.2 Å². The fourth-order valence-electron chi connectivity index (χ4n) is 1.50. The van der Waals surface area contributed by atoms with Gasteiger partial charge in [0, 0.05) is 5.02 Å². The van der Waals surface area contributed by atoms with E-state index in [1.54, 1.807) is 0 Å². The van der Waals surface area contributed by atoms with E-state index in [9.17, 15) is 0 Å². The standard InChI is InChI=1S/C13H20ClNO/c1-13(2,3)11-6-5-10(14)9-12(11)16-8-4-7-15/h5-6,9H,4,7-8,15H2,1-3H3. The highest BCUT2D eigenvalue weighted by Gasteiger charge is 2.18. The molecule has 0 spiro atoms. The summed E-state index contributed by atoms with van der Waals surface area (Å²) in [4.78, 5) is 0. The number of hydrogen-bond donors (Lipinski definition) is 1. The van der Waals surface area contributed by atoms with E-state index in [1.165, 1.54) is 5.56 Å². The molecule has 90 valence electrons. The Balaban J connectivity index is 2.90. The smallest absolute Gasteiger partial charge is 0.124 e. The molecule has 3 heteroatoms. The molecule has 1 aromatic rings. The highest BCUT2D eigenvalue weighted by atomic mass is 35.5. The predicted octanol–water partition coefficient (Wildman–Crippen LogP) is 3.37. The first-order valence-electron chi connectivity index (χ1n) is 5.58. The van der Waals surface area contributed by atoms with Gasteiger partial charge in [-0.3, -0.25) is 0 Å². The third-order valence-corrected chi connectivity index (χ3v) is 2.59. The molecule has 0 saturated carbocycles. The molecule has 0 amide bonds. The topological polar surface area (TPSA) is 35.2 Å². The summed E-state index contributed by atoms with van der Waals surface area (Å²) in [5.74, 6) is 0.869. The minimum absolute atomic E-state index is 0.0582. The molecule has 1 aromatic carbocycles. The van der Waals surface area contributed by atoms with Gasteiger partial charge in [-0.25, -0.2) is 0 Å². The molecule has 2 nitrogen and oxygen atoms in total. The van der Waals surface area contributed by atoms with E-state index in [0.29, 0.717) is 18.2 Å². The average Bonchev–Trinajstić information content (AvgIpc) is 2.16. The first kappa shape index (κ1) is 13.3. The van der Waals surface area contributed by atoms with Gasteiger partial charge in [-0.05, 0) is 36.1 Å². The SMILES string of the molecule is CC(C)(C)c1ccc(Cl)cc1OCCCN. The Morgan fingerprint density at radius 3 is 2.56 bits per heavy atom. The van der Waals surface area contributed by atoms with Gasteiger partial charge in [0.15, 0.2) is 0 Å². The molecule has 0 aliphatic carbocycles. The Labute approximate surface area is 103 Å². The van der Waals surface area contributed by atoms with Gasteiger partial charge in [-0.15, -0.1) is 0 Å². The molecule has 0 fully saturated rings. The van der Waals surface area contributed by atoms with Crippen LogP contribution < -0.4 is 10.5 Å². The molecule has 0 aliphatic rings. The lowest BCUT2D eigenvalue weighted by Gasteiger charge is -2.23. The quantitative estimate of drug-likeness (QED) is 0.821. The normalized spacial score (nSPS) is 11.6. The Hall–Kier alpha value is -0.730. The maximum Gasteiger partial charge on any atom is 0.124 e. The molecule has 0 radical (unpaired) electrons. The van der Waals surface area contributed by atoms with E-state index in [4.69, 9.17) is 22.1 Å². The molecule has 0 saturated heterocycles. The molecule has 1 rings (SSSR count). The zero-order valence-electron chi connectivity index (χ0n) is 10.2. The van der Waals surface area contributed by atoms with Crippen molar-refractivity contribution in [1.82, 2.24) is 0 Å². The van der Waals surface area contributed by atoms with Gasteiger partial charge in [0.25, 0.3) is 0 Å². The number of ether oxygens (including phenoxy) is 1. The zero-order chi connectivity index (χ0) is 12.2. The van der Waals surface area contributed by atoms with Crippen LogP contribution in [0.25, 0.3) is 0 Å². The number of nitrogens with two attached hydrogens (primary N) is 1. The number of halogens is 1. The highest BCUT2D eigenvalue weighted by Crippen LogP contribution is 2.33. The van der Waals surface area contributed by atoms with Crippen LogP contribution in [0.4, 0.5) is 0 Å². The van der Waals surface area contributed by atoms with Crippen molar-refractivity contribution in [2.24, 2.45) is 5.73 Å². The lowest BCUT2D eigenvalue weighted by molar-refractivity contribution is 0.305. The zero-order valence-corrected chi connectivity index (χ0v) is 11.0. The fraction of sp³-hybridized carbons (Fsp3) is 0.538. The van der Waals surface area contributed by atoms with Gasteiger partial charge in [0.1, 0.15) is 5.75 Å². The Kier molecular flexibility index (Phi) is 4.63. The van der Waals surface area contributed by atoms with E-state index in [1.807, 2.05) is 18.2 Å². The molecule has 0 unspecified atom stereocenters. The van der Waals surface area contributed by atoms with Crippen molar-refractivity contribution in [3.63, 3.8) is 0 Å². The molecular formula is C13H20ClNO. The van der Waals surface area contributed by atoms with Gasteiger partial charge < -0.3 is 10.5 Å². The van der Waals surface area contributed by atoms with Crippen molar-refractivity contribution >= 4 is 11.6 Å². The van der Waals surface area contributed by atoms with E-state index < -0.39 is 0 Å². The molecule has 0 atom stereocenters. The van der Waals surface area contributed by atoms with Crippen molar-refractivity contribution < 1.29 is 4.74 Å². The maximum atomic E-state index is 5.98. The Morgan fingerprint density at radius 1 is 1.31 bits per heavy atom. The van der Waals surface area contributed by atoms with Crippen LogP contribution in [0.3, 0.4) is 0 Å². The summed E-state index contributed by atoms with van der Waals surface area (Å²) in [6.45, 7) is 7.76. The van der Waals surface area contributed by atoms with Crippen LogP contribution in [0.5, 0.6) is 5.75 Å². The number of hydrogen-bond acceptors (Lipinski definition) is 2. The van der Waals surface area contributed by atoms with Gasteiger partial charge in [-0.1, -0.05) is 38.4 Å². The third-order valence-electron chi connectivity index (χ3n) is 2.36. The molecule has 0 aromatic heterocycles. The lowest BCUT2D eigenvalue weighted by atomic mass is 9.86. The maximum absolute atomic E-state index is 5.98. The van der Waals surface area contributed by atoms with Crippen LogP contribution in [0.2, 0.25) is 5.02 Å². The Bertz CT molecular complexity index is 344. The number of benzene rings is 1. The summed E-state index contributed by atoms with van der Waals surface area (Å²) >= 11 is 5.98. The van der Waals surface area contributed by atoms with Crippen LogP contribution in [0.1, 0.15) is 32.8 Å².